The summed E-state index contributed by atoms with van der Waals surface area (Å²) >= 11 is 0. The molecule has 0 bridgehead atoms. The highest BCUT2D eigenvalue weighted by atomic mass is 16.5. The zero-order chi connectivity index (χ0) is 47.3. The summed E-state index contributed by atoms with van der Waals surface area (Å²) in [7, 11) is 7.46. The van der Waals surface area contributed by atoms with Gasteiger partial charge in [-0.2, -0.15) is 0 Å². The largest absolute Gasteiger partial charge is 0.381 e. The van der Waals surface area contributed by atoms with Crippen molar-refractivity contribution in [3.63, 3.8) is 0 Å². The van der Waals surface area contributed by atoms with E-state index in [0.717, 1.165) is 64.2 Å². The second-order valence-corrected chi connectivity index (χ2v) is 17.0. The van der Waals surface area contributed by atoms with E-state index in [2.05, 4.69) is 37.9 Å². The van der Waals surface area contributed by atoms with Crippen LogP contribution in [0.3, 0.4) is 0 Å². The number of rotatable bonds is 44. The lowest BCUT2D eigenvalue weighted by Crippen LogP contribution is -2.28. The standard InChI is InChI=1S/C19H38N2O2.C18H38O.C12H26O.C2H7N.C2H2O2/c20-14-13-17-21(15-9-5-1-3-7-11-18-22)16-10-6-2-4-8-12-19-23;1-4-6-8-10-12-14-16-18(19-3)17-15-13-11-9-7-5-2;1-4-6-7-8-9-10-11-12(5-2)13-3;1-3-2;3-1-2-4/h18-19H,1-17,20H2;18H,4-17H2,1-3H3;12H,4-11H2,1-3H3;3H,1-2H3;1-2H. The molecule has 1 unspecified atom stereocenters. The van der Waals surface area contributed by atoms with Crippen LogP contribution in [-0.4, -0.2) is 96.7 Å². The van der Waals surface area contributed by atoms with Crippen molar-refractivity contribution in [2.24, 2.45) is 5.73 Å². The first-order valence-electron chi connectivity index (χ1n) is 26.2. The molecule has 374 valence electrons. The molecule has 1 atom stereocenters. The van der Waals surface area contributed by atoms with E-state index in [1.165, 1.54) is 199 Å². The average molecular weight is 886 g/mol. The Morgan fingerprint density at radius 1 is 0.435 bits per heavy atom. The van der Waals surface area contributed by atoms with Crippen LogP contribution in [0.1, 0.15) is 252 Å². The molecule has 0 aromatic heterocycles. The molecule has 9 nitrogen and oxygen atoms in total. The average Bonchev–Trinajstić information content (AvgIpc) is 3.29. The normalized spacial score (nSPS) is 11.0. The van der Waals surface area contributed by atoms with Crippen molar-refractivity contribution in [2.75, 3.05) is 54.5 Å². The van der Waals surface area contributed by atoms with Gasteiger partial charge < -0.3 is 35.0 Å². The molecule has 0 aliphatic heterocycles. The summed E-state index contributed by atoms with van der Waals surface area (Å²) in [6.45, 7) is 13.3. The molecule has 0 amide bonds. The third kappa shape index (κ3) is 72.9. The molecule has 0 aliphatic carbocycles. The van der Waals surface area contributed by atoms with Crippen LogP contribution >= 0.6 is 0 Å². The van der Waals surface area contributed by atoms with E-state index in [0.29, 0.717) is 12.2 Å². The van der Waals surface area contributed by atoms with Crippen LogP contribution in [0.4, 0.5) is 0 Å². The molecule has 0 aromatic rings. The van der Waals surface area contributed by atoms with Gasteiger partial charge in [0, 0.05) is 27.1 Å². The summed E-state index contributed by atoms with van der Waals surface area (Å²) in [6, 6.07) is 0. The molecule has 62 heavy (non-hydrogen) atoms. The molecule has 0 spiro atoms. The molecule has 0 aliphatic rings. The number of carbonyl (C=O) groups is 4. The number of aldehydes is 4. The maximum absolute atomic E-state index is 10.2. The van der Waals surface area contributed by atoms with Gasteiger partial charge in [-0.05, 0) is 98.1 Å². The van der Waals surface area contributed by atoms with Gasteiger partial charge in [-0.1, -0.05) is 182 Å². The lowest BCUT2D eigenvalue weighted by atomic mass is 10.0. The first-order chi connectivity index (χ1) is 30.4. The molecule has 0 aromatic carbocycles. The molecule has 0 saturated heterocycles. The molecule has 0 rings (SSSR count). The number of nitrogens with one attached hydrogen (secondary N) is 1. The van der Waals surface area contributed by atoms with Gasteiger partial charge in [-0.15, -0.1) is 0 Å². The van der Waals surface area contributed by atoms with E-state index in [1.807, 2.05) is 28.3 Å². The lowest BCUT2D eigenvalue weighted by Gasteiger charge is -2.22. The van der Waals surface area contributed by atoms with Gasteiger partial charge in [0.1, 0.15) is 12.6 Å². The maximum Gasteiger partial charge on any atom is 0.182 e. The van der Waals surface area contributed by atoms with Crippen LogP contribution in [0.15, 0.2) is 0 Å². The van der Waals surface area contributed by atoms with Crippen LogP contribution in [0.5, 0.6) is 0 Å². The van der Waals surface area contributed by atoms with Crippen LogP contribution in [-0.2, 0) is 28.7 Å². The van der Waals surface area contributed by atoms with Crippen LogP contribution < -0.4 is 11.1 Å². The van der Waals surface area contributed by atoms with Gasteiger partial charge in [0.15, 0.2) is 12.6 Å². The van der Waals surface area contributed by atoms with Crippen molar-refractivity contribution < 1.29 is 28.7 Å². The summed E-state index contributed by atoms with van der Waals surface area (Å²) in [5.41, 5.74) is 5.64. The van der Waals surface area contributed by atoms with Crippen LogP contribution in [0.25, 0.3) is 0 Å². The Bertz CT molecular complexity index is 742. The zero-order valence-corrected chi connectivity index (χ0v) is 43.0. The number of ether oxygens (including phenoxy) is 2. The predicted molar refractivity (Wildman–Crippen MR) is 271 cm³/mol. The second kappa shape index (κ2) is 71.1. The number of carbonyl (C=O) groups excluding carboxylic acids is 4. The van der Waals surface area contributed by atoms with E-state index in [-0.39, 0.29) is 12.6 Å². The topological polar surface area (TPSA) is 128 Å². The van der Waals surface area contributed by atoms with E-state index < -0.39 is 0 Å². The number of methoxy groups -OCH3 is 2. The van der Waals surface area contributed by atoms with E-state index in [1.54, 1.807) is 0 Å². The maximum atomic E-state index is 10.2. The van der Waals surface area contributed by atoms with Crippen molar-refractivity contribution in [1.29, 1.82) is 0 Å². The molecule has 0 fully saturated rings. The van der Waals surface area contributed by atoms with Crippen molar-refractivity contribution >= 4 is 25.1 Å². The van der Waals surface area contributed by atoms with Crippen LogP contribution in [0, 0.1) is 0 Å². The van der Waals surface area contributed by atoms with Crippen molar-refractivity contribution in [1.82, 2.24) is 10.2 Å². The highest BCUT2D eigenvalue weighted by Crippen LogP contribution is 2.16. The summed E-state index contributed by atoms with van der Waals surface area (Å²) in [5, 5.41) is 2.75. The number of hydrogen-bond donors (Lipinski definition) is 2. The van der Waals surface area contributed by atoms with Crippen LogP contribution in [0.2, 0.25) is 0 Å². The van der Waals surface area contributed by atoms with Gasteiger partial charge >= 0.3 is 0 Å². The molecule has 0 saturated carbocycles. The lowest BCUT2D eigenvalue weighted by molar-refractivity contribution is -0.122. The minimum atomic E-state index is 0.194. The summed E-state index contributed by atoms with van der Waals surface area (Å²) in [4.78, 5) is 40.7. The number of hydrogen-bond acceptors (Lipinski definition) is 9. The quantitative estimate of drug-likeness (QED) is 0.0349. The van der Waals surface area contributed by atoms with Crippen molar-refractivity contribution in [3.8, 4) is 0 Å². The Morgan fingerprint density at radius 3 is 1.02 bits per heavy atom. The Kier molecular flexibility index (Phi) is 79.7. The highest BCUT2D eigenvalue weighted by molar-refractivity contribution is 6.09. The smallest absolute Gasteiger partial charge is 0.182 e. The molecule has 0 radical (unpaired) electrons. The fourth-order valence-corrected chi connectivity index (χ4v) is 7.16. The van der Waals surface area contributed by atoms with Gasteiger partial charge in [-0.25, -0.2) is 0 Å². The fraction of sp³-hybridized carbons (Fsp3) is 0.925. The van der Waals surface area contributed by atoms with Gasteiger partial charge in [0.2, 0.25) is 0 Å². The first-order valence-corrected chi connectivity index (χ1v) is 26.2. The van der Waals surface area contributed by atoms with E-state index in [4.69, 9.17) is 24.8 Å². The Balaban J connectivity index is -0.000000250. The van der Waals surface area contributed by atoms with Crippen molar-refractivity contribution in [3.05, 3.63) is 0 Å². The minimum absolute atomic E-state index is 0.194. The fourth-order valence-electron chi connectivity index (χ4n) is 7.16. The van der Waals surface area contributed by atoms with E-state index >= 15 is 0 Å². The third-order valence-corrected chi connectivity index (χ3v) is 11.1. The Morgan fingerprint density at radius 2 is 0.726 bits per heavy atom. The zero-order valence-electron chi connectivity index (χ0n) is 43.0. The second-order valence-electron chi connectivity index (χ2n) is 17.0. The third-order valence-electron chi connectivity index (χ3n) is 11.1. The van der Waals surface area contributed by atoms with Gasteiger partial charge in [-0.3, -0.25) is 9.59 Å². The first kappa shape index (κ1) is 69.5. The molecule has 3 N–H and O–H groups in total. The Labute approximate surface area is 387 Å². The highest BCUT2D eigenvalue weighted by Gasteiger charge is 2.07. The predicted octanol–water partition coefficient (Wildman–Crippen LogP) is 13.6. The minimum Gasteiger partial charge on any atom is -0.381 e. The Hall–Kier alpha value is -1.52. The summed E-state index contributed by atoms with van der Waals surface area (Å²) in [5.74, 6) is 0. The number of nitrogens with zero attached hydrogens (tertiary/aromatic N) is 1. The number of nitrogens with two attached hydrogens (primary N) is 1. The SMILES string of the molecule is CCCCCCCCC(CC)OC.CCCCCCCCC(CCCCCCCC)OC.CNC.NCCCN(CCCCCCCC=O)CCCCCCCC=O.O=CC=O. The molecular formula is C53H111N3O6. The van der Waals surface area contributed by atoms with Crippen molar-refractivity contribution in [2.45, 2.75) is 265 Å². The van der Waals surface area contributed by atoms with Gasteiger partial charge in [0.25, 0.3) is 0 Å². The summed E-state index contributed by atoms with van der Waals surface area (Å²) in [6.07, 6.45) is 47.9. The van der Waals surface area contributed by atoms with Gasteiger partial charge in [0.05, 0.1) is 12.2 Å². The van der Waals surface area contributed by atoms with E-state index in [9.17, 15) is 9.59 Å². The number of unbranched alkanes of at least 4 members (excludes halogenated alkanes) is 25. The molecular weight excluding hydrogens is 775 g/mol. The summed E-state index contributed by atoms with van der Waals surface area (Å²) < 4.78 is 10.9. The molecule has 0 heterocycles. The monoisotopic (exact) mass is 886 g/mol. The molecule has 9 heteroatoms.